The van der Waals surface area contributed by atoms with E-state index in [4.69, 9.17) is 11.8 Å². The van der Waals surface area contributed by atoms with Crippen molar-refractivity contribution in [2.24, 2.45) is 0 Å². The summed E-state index contributed by atoms with van der Waals surface area (Å²) in [6.07, 6.45) is 1.43. The second-order valence-corrected chi connectivity index (χ2v) is 4.55. The van der Waals surface area contributed by atoms with E-state index < -0.39 is 0 Å². The predicted molar refractivity (Wildman–Crippen MR) is 71.9 cm³/mol. The van der Waals surface area contributed by atoms with Gasteiger partial charge in [0.1, 0.15) is 0 Å². The number of hydrogen-bond acceptors (Lipinski definition) is 4. The Balaban J connectivity index is 2.04. The minimum Gasteiger partial charge on any atom is -0.323 e. The number of piperidine rings is 1. The molecule has 3 rings (SSSR count). The van der Waals surface area contributed by atoms with Gasteiger partial charge in [-0.25, -0.2) is 4.98 Å². The van der Waals surface area contributed by atoms with Gasteiger partial charge < -0.3 is 4.98 Å². The fourth-order valence-corrected chi connectivity index (χ4v) is 2.31. The molecule has 7 heteroatoms. The molecule has 2 aromatic rings. The Morgan fingerprint density at radius 2 is 2.00 bits per heavy atom. The molecule has 0 aliphatic carbocycles. The van der Waals surface area contributed by atoms with Gasteiger partial charge in [-0.05, 0) is 24.6 Å². The third kappa shape index (κ3) is 2.04. The second-order valence-electron chi connectivity index (χ2n) is 4.36. The normalized spacial score (nSPS) is 16.2. The number of imide groups is 1. The molecule has 0 atom stereocenters. The topological polar surface area (TPSA) is 78.1 Å². The number of aromatic nitrogens is 2. The van der Waals surface area contributed by atoms with Crippen molar-refractivity contribution in [3.8, 4) is 0 Å². The molecule has 1 aromatic heterocycles. The zero-order valence-electron chi connectivity index (χ0n) is 9.94. The molecule has 1 aliphatic rings. The van der Waals surface area contributed by atoms with E-state index in [1.807, 2.05) is 0 Å². The number of rotatable bonds is 2. The largest absolute Gasteiger partial charge is 0.323 e. The maximum atomic E-state index is 11.8. The van der Waals surface area contributed by atoms with Crippen LogP contribution in [0.5, 0.6) is 0 Å². The summed E-state index contributed by atoms with van der Waals surface area (Å²) < 4.78 is 0. The monoisotopic (exact) mass is 278 g/mol. The van der Waals surface area contributed by atoms with Gasteiger partial charge in [0, 0.05) is 24.6 Å². The van der Waals surface area contributed by atoms with Crippen molar-refractivity contribution < 1.29 is 9.59 Å². The Kier molecular flexibility index (Phi) is 2.87. The zero-order chi connectivity index (χ0) is 13.4. The lowest BCUT2D eigenvalue weighted by Gasteiger charge is -2.24. The summed E-state index contributed by atoms with van der Waals surface area (Å²) in [6.45, 7) is 0. The fourth-order valence-electron chi connectivity index (χ4n) is 2.22. The van der Waals surface area contributed by atoms with Crippen LogP contribution in [0.1, 0.15) is 19.3 Å². The van der Waals surface area contributed by atoms with Crippen molar-refractivity contribution in [3.05, 3.63) is 18.2 Å². The van der Waals surface area contributed by atoms with E-state index in [1.165, 1.54) is 4.90 Å². The highest BCUT2D eigenvalue weighted by Gasteiger charge is 2.27. The van der Waals surface area contributed by atoms with Crippen molar-refractivity contribution in [1.29, 1.82) is 0 Å². The highest BCUT2D eigenvalue weighted by Crippen LogP contribution is 2.26. The Hall–Kier alpha value is -2.08. The first-order valence-electron chi connectivity index (χ1n) is 5.91. The van der Waals surface area contributed by atoms with Gasteiger partial charge in [0.25, 0.3) is 0 Å². The molecule has 1 aromatic carbocycles. The summed E-state index contributed by atoms with van der Waals surface area (Å²) in [7, 11) is 0. The maximum absolute atomic E-state index is 11.8. The molecule has 19 heavy (non-hydrogen) atoms. The quantitative estimate of drug-likeness (QED) is 0.652. The summed E-state index contributed by atoms with van der Waals surface area (Å²) in [6, 6.07) is 5.18. The van der Waals surface area contributed by atoms with E-state index >= 15 is 0 Å². The average molecular weight is 279 g/mol. The van der Waals surface area contributed by atoms with Crippen LogP contribution < -0.4 is 9.74 Å². The van der Waals surface area contributed by atoms with Crippen molar-refractivity contribution in [1.82, 2.24) is 9.97 Å². The van der Waals surface area contributed by atoms with Crippen LogP contribution in [0.3, 0.4) is 0 Å². The number of H-pyrrole nitrogens is 1. The molecule has 0 unspecified atom stereocenters. The molecule has 0 spiro atoms. The number of hydrogen-bond donors (Lipinski definition) is 2. The van der Waals surface area contributed by atoms with Crippen molar-refractivity contribution >= 4 is 46.3 Å². The van der Waals surface area contributed by atoms with Crippen molar-refractivity contribution in [3.63, 3.8) is 0 Å². The van der Waals surface area contributed by atoms with Gasteiger partial charge in [0.05, 0.1) is 16.7 Å². The molecule has 1 fully saturated rings. The highest BCUT2D eigenvalue weighted by atomic mass is 35.5. The number of benzene rings is 1. The number of carbonyl (C=O) groups excluding carboxylic acids is 2. The molecule has 0 bridgehead atoms. The van der Waals surface area contributed by atoms with Gasteiger partial charge in [0.15, 0.2) is 0 Å². The molecular formula is C12H11ClN4O2. The van der Waals surface area contributed by atoms with Gasteiger partial charge in [0.2, 0.25) is 17.8 Å². The summed E-state index contributed by atoms with van der Waals surface area (Å²) in [5, 5.41) is 0. The van der Waals surface area contributed by atoms with Crippen LogP contribution in [-0.2, 0) is 9.59 Å². The molecule has 2 heterocycles. The second kappa shape index (κ2) is 4.55. The lowest BCUT2D eigenvalue weighted by atomic mass is 10.1. The van der Waals surface area contributed by atoms with Crippen LogP contribution in [0.15, 0.2) is 18.2 Å². The number of anilines is 2. The summed E-state index contributed by atoms with van der Waals surface area (Å²) in [5.41, 5.74) is 1.99. The lowest BCUT2D eigenvalue weighted by molar-refractivity contribution is -0.129. The third-order valence-corrected chi connectivity index (χ3v) is 3.27. The molecule has 0 saturated carbocycles. The zero-order valence-corrected chi connectivity index (χ0v) is 10.7. The minimum atomic E-state index is -0.161. The van der Waals surface area contributed by atoms with Crippen LogP contribution in [-0.4, -0.2) is 21.8 Å². The number of aromatic amines is 1. The number of nitrogens with one attached hydrogen (secondary N) is 2. The molecule has 0 radical (unpaired) electrons. The van der Waals surface area contributed by atoms with Crippen LogP contribution in [0.4, 0.5) is 11.6 Å². The van der Waals surface area contributed by atoms with E-state index in [-0.39, 0.29) is 11.8 Å². The van der Waals surface area contributed by atoms with Gasteiger partial charge in [-0.2, -0.15) is 0 Å². The maximum Gasteiger partial charge on any atom is 0.233 e. The van der Waals surface area contributed by atoms with Crippen LogP contribution >= 0.6 is 11.8 Å². The van der Waals surface area contributed by atoms with Gasteiger partial charge >= 0.3 is 0 Å². The van der Waals surface area contributed by atoms with Crippen LogP contribution in [0, 0.1) is 0 Å². The number of imidazole rings is 1. The van der Waals surface area contributed by atoms with Gasteiger partial charge in [-0.3, -0.25) is 19.3 Å². The number of carbonyl (C=O) groups is 2. The van der Waals surface area contributed by atoms with E-state index in [2.05, 4.69) is 14.8 Å². The standard InChI is InChI=1S/C12H11ClN4O2/c13-16-12-14-8-5-4-7(6-9(8)15-12)17-10(18)2-1-3-11(17)19/h4-6H,1-3H2,(H2,14,15,16). The Bertz CT molecular complexity index is 651. The van der Waals surface area contributed by atoms with Crippen molar-refractivity contribution in [2.75, 3.05) is 9.74 Å². The first-order valence-corrected chi connectivity index (χ1v) is 6.29. The van der Waals surface area contributed by atoms with Crippen molar-refractivity contribution in [2.45, 2.75) is 19.3 Å². The molecular weight excluding hydrogens is 268 g/mol. The first-order chi connectivity index (χ1) is 9.19. The van der Waals surface area contributed by atoms with E-state index in [1.54, 1.807) is 18.2 Å². The van der Waals surface area contributed by atoms with E-state index in [0.717, 1.165) is 0 Å². The summed E-state index contributed by atoms with van der Waals surface area (Å²) in [5.74, 6) is 0.0988. The van der Waals surface area contributed by atoms with Crippen LogP contribution in [0.2, 0.25) is 0 Å². The smallest absolute Gasteiger partial charge is 0.233 e. The molecule has 6 nitrogen and oxygen atoms in total. The van der Waals surface area contributed by atoms with Gasteiger partial charge in [-0.15, -0.1) is 0 Å². The number of fused-ring (bicyclic) bond motifs is 1. The SMILES string of the molecule is O=C1CCCC(=O)N1c1ccc2nc(NCl)[nH]c2c1. The fraction of sp³-hybridized carbons (Fsp3) is 0.250. The molecule has 2 amide bonds. The highest BCUT2D eigenvalue weighted by molar-refractivity contribution is 6.23. The number of halogens is 1. The Morgan fingerprint density at radius 1 is 1.26 bits per heavy atom. The third-order valence-electron chi connectivity index (χ3n) is 3.09. The number of amides is 2. The first kappa shape index (κ1) is 12.0. The van der Waals surface area contributed by atoms with Gasteiger partial charge in [-0.1, -0.05) is 0 Å². The summed E-state index contributed by atoms with van der Waals surface area (Å²) >= 11 is 5.47. The predicted octanol–water partition coefficient (Wildman–Crippen LogP) is 2.17. The van der Waals surface area contributed by atoms with E-state index in [0.29, 0.717) is 41.9 Å². The number of nitrogens with zero attached hydrogens (tertiary/aromatic N) is 2. The molecule has 1 aliphatic heterocycles. The Morgan fingerprint density at radius 3 is 2.68 bits per heavy atom. The molecule has 1 saturated heterocycles. The molecule has 98 valence electrons. The summed E-state index contributed by atoms with van der Waals surface area (Å²) in [4.78, 5) is 34.4. The minimum absolute atomic E-state index is 0.161. The molecule has 2 N–H and O–H groups in total. The average Bonchev–Trinajstić information content (AvgIpc) is 2.80. The van der Waals surface area contributed by atoms with Crippen LogP contribution in [0.25, 0.3) is 11.0 Å². The lowest BCUT2D eigenvalue weighted by Crippen LogP contribution is -2.40. The Labute approximate surface area is 113 Å². The van der Waals surface area contributed by atoms with E-state index in [9.17, 15) is 9.59 Å².